The molecule has 1 fully saturated rings. The lowest BCUT2D eigenvalue weighted by atomic mass is 9.89. The van der Waals surface area contributed by atoms with Gasteiger partial charge in [-0.15, -0.1) is 12.4 Å². The van der Waals surface area contributed by atoms with Crippen molar-refractivity contribution in [1.29, 1.82) is 5.26 Å². The summed E-state index contributed by atoms with van der Waals surface area (Å²) in [5.74, 6) is 0.289. The Hall–Kier alpha value is -1.08. The minimum absolute atomic E-state index is 0. The van der Waals surface area contributed by atoms with Crippen LogP contribution in [0.3, 0.4) is 0 Å². The van der Waals surface area contributed by atoms with Crippen LogP contribution in [-0.2, 0) is 0 Å². The fourth-order valence-corrected chi connectivity index (χ4v) is 2.67. The van der Waals surface area contributed by atoms with Gasteiger partial charge in [-0.2, -0.15) is 5.26 Å². The zero-order chi connectivity index (χ0) is 12.3. The Morgan fingerprint density at radius 1 is 1.28 bits per heavy atom. The molecule has 0 aromatic heterocycles. The average Bonchev–Trinajstić information content (AvgIpc) is 2.90. The number of hydrogen-bond acceptors (Lipinski definition) is 3. The predicted octanol–water partition coefficient (Wildman–Crippen LogP) is 2.53. The van der Waals surface area contributed by atoms with Crippen LogP contribution < -0.4 is 5.73 Å². The van der Waals surface area contributed by atoms with Gasteiger partial charge in [-0.05, 0) is 30.4 Å². The molecule has 1 aromatic carbocycles. The van der Waals surface area contributed by atoms with Crippen LogP contribution in [0.15, 0.2) is 24.3 Å². The van der Waals surface area contributed by atoms with Crippen LogP contribution in [0.4, 0.5) is 0 Å². The molecule has 0 unspecified atom stereocenters. The molecule has 2 rings (SSSR count). The highest BCUT2D eigenvalue weighted by molar-refractivity contribution is 5.85. The third-order valence-corrected chi connectivity index (χ3v) is 3.69. The smallest absolute Gasteiger partial charge is 0.0995 e. The van der Waals surface area contributed by atoms with Crippen LogP contribution in [0.25, 0.3) is 0 Å². The molecule has 1 aliphatic rings. The van der Waals surface area contributed by atoms with Gasteiger partial charge in [0.2, 0.25) is 0 Å². The molecule has 2 atom stereocenters. The maximum Gasteiger partial charge on any atom is 0.0995 e. The first kappa shape index (κ1) is 15.0. The number of halogens is 1. The topological polar surface area (TPSA) is 70.0 Å². The van der Waals surface area contributed by atoms with Crippen LogP contribution in [-0.4, -0.2) is 11.2 Å². The number of hydrogen-bond donors (Lipinski definition) is 2. The molecule has 3 N–H and O–H groups in total. The molecule has 1 aliphatic carbocycles. The number of aliphatic hydroxyl groups is 1. The largest absolute Gasteiger partial charge is 0.391 e. The van der Waals surface area contributed by atoms with Gasteiger partial charge in [0, 0.05) is 0 Å². The van der Waals surface area contributed by atoms with Crippen LogP contribution in [0.2, 0.25) is 0 Å². The Bertz CT molecular complexity index is 424. The predicted molar refractivity (Wildman–Crippen MR) is 73.3 cm³/mol. The molecule has 1 aromatic rings. The second-order valence-corrected chi connectivity index (χ2v) is 4.76. The fourth-order valence-electron chi connectivity index (χ4n) is 2.67. The van der Waals surface area contributed by atoms with Crippen LogP contribution in [0.1, 0.15) is 42.9 Å². The zero-order valence-corrected chi connectivity index (χ0v) is 11.1. The van der Waals surface area contributed by atoms with Gasteiger partial charge < -0.3 is 10.8 Å². The van der Waals surface area contributed by atoms with Crippen molar-refractivity contribution in [3.63, 3.8) is 0 Å². The summed E-state index contributed by atoms with van der Waals surface area (Å²) in [5, 5.41) is 19.3. The summed E-state index contributed by atoms with van der Waals surface area (Å²) >= 11 is 0. The van der Waals surface area contributed by atoms with Crippen molar-refractivity contribution in [1.82, 2.24) is 0 Å². The highest BCUT2D eigenvalue weighted by Crippen LogP contribution is 2.33. The molecule has 18 heavy (non-hydrogen) atoms. The quantitative estimate of drug-likeness (QED) is 0.883. The summed E-state index contributed by atoms with van der Waals surface area (Å²) in [7, 11) is 0. The number of aliphatic hydroxyl groups excluding tert-OH is 1. The summed E-state index contributed by atoms with van der Waals surface area (Å²) in [5.41, 5.74) is 7.42. The maximum absolute atomic E-state index is 10.3. The number of nitrogens with zero attached hydrogens (tertiary/aromatic N) is 1. The zero-order valence-electron chi connectivity index (χ0n) is 10.2. The monoisotopic (exact) mass is 266 g/mol. The lowest BCUT2D eigenvalue weighted by molar-refractivity contribution is 0.0844. The van der Waals surface area contributed by atoms with E-state index in [1.54, 1.807) is 6.07 Å². The molecule has 0 spiro atoms. The van der Waals surface area contributed by atoms with E-state index < -0.39 is 12.1 Å². The molecule has 0 amide bonds. The second-order valence-electron chi connectivity index (χ2n) is 4.76. The standard InChI is InChI=1S/C14H18N2O.ClH/c15-9-11-7-3-4-8-12(11)13(16)14(17)10-5-1-2-6-10;/h3-4,7-8,10,13-14,17H,1-2,5-6,16H2;1H/t13-,14+;/m1./s1. The van der Waals surface area contributed by atoms with Crippen molar-refractivity contribution in [2.75, 3.05) is 0 Å². The molecule has 1 saturated carbocycles. The van der Waals surface area contributed by atoms with E-state index in [0.29, 0.717) is 5.56 Å². The minimum Gasteiger partial charge on any atom is -0.391 e. The van der Waals surface area contributed by atoms with Gasteiger partial charge >= 0.3 is 0 Å². The molecule has 0 radical (unpaired) electrons. The van der Waals surface area contributed by atoms with E-state index >= 15 is 0 Å². The van der Waals surface area contributed by atoms with E-state index in [1.807, 2.05) is 18.2 Å². The van der Waals surface area contributed by atoms with Gasteiger partial charge in [0.15, 0.2) is 0 Å². The normalized spacial score (nSPS) is 18.7. The molecule has 0 bridgehead atoms. The van der Waals surface area contributed by atoms with Crippen molar-refractivity contribution in [2.45, 2.75) is 37.8 Å². The second kappa shape index (κ2) is 6.75. The van der Waals surface area contributed by atoms with Gasteiger partial charge in [-0.25, -0.2) is 0 Å². The van der Waals surface area contributed by atoms with Crippen molar-refractivity contribution >= 4 is 12.4 Å². The van der Waals surface area contributed by atoms with Crippen molar-refractivity contribution in [3.8, 4) is 6.07 Å². The van der Waals surface area contributed by atoms with E-state index in [-0.39, 0.29) is 18.3 Å². The average molecular weight is 267 g/mol. The van der Waals surface area contributed by atoms with Crippen molar-refractivity contribution in [3.05, 3.63) is 35.4 Å². The number of rotatable bonds is 3. The maximum atomic E-state index is 10.3. The molecular weight excluding hydrogens is 248 g/mol. The Labute approximate surface area is 114 Å². The van der Waals surface area contributed by atoms with Crippen LogP contribution in [0, 0.1) is 17.2 Å². The van der Waals surface area contributed by atoms with E-state index in [1.165, 1.54) is 12.8 Å². The Balaban J connectivity index is 0.00000162. The Morgan fingerprint density at radius 3 is 2.50 bits per heavy atom. The molecule has 0 heterocycles. The van der Waals surface area contributed by atoms with Gasteiger partial charge in [0.25, 0.3) is 0 Å². The highest BCUT2D eigenvalue weighted by Gasteiger charge is 2.29. The van der Waals surface area contributed by atoms with Crippen molar-refractivity contribution < 1.29 is 5.11 Å². The first-order chi connectivity index (χ1) is 8.24. The molecule has 0 saturated heterocycles. The minimum atomic E-state index is -0.535. The number of nitriles is 1. The lowest BCUT2D eigenvalue weighted by Crippen LogP contribution is -2.32. The first-order valence-electron chi connectivity index (χ1n) is 6.16. The van der Waals surface area contributed by atoms with Gasteiger partial charge in [-0.1, -0.05) is 31.0 Å². The molecule has 4 heteroatoms. The van der Waals surface area contributed by atoms with E-state index in [9.17, 15) is 5.11 Å². The Morgan fingerprint density at radius 2 is 1.89 bits per heavy atom. The molecule has 98 valence electrons. The fraction of sp³-hybridized carbons (Fsp3) is 0.500. The van der Waals surface area contributed by atoms with Crippen LogP contribution >= 0.6 is 12.4 Å². The van der Waals surface area contributed by atoms with Gasteiger partial charge in [0.05, 0.1) is 23.8 Å². The summed E-state index contributed by atoms with van der Waals surface area (Å²) in [6, 6.07) is 8.94. The van der Waals surface area contributed by atoms with E-state index in [0.717, 1.165) is 18.4 Å². The van der Waals surface area contributed by atoms with Crippen molar-refractivity contribution in [2.24, 2.45) is 11.7 Å². The first-order valence-corrected chi connectivity index (χ1v) is 6.16. The summed E-state index contributed by atoms with van der Waals surface area (Å²) in [6.07, 6.45) is 3.91. The molecule has 3 nitrogen and oxygen atoms in total. The number of nitrogens with two attached hydrogens (primary N) is 1. The molecular formula is C14H19ClN2O. The van der Waals surface area contributed by atoms with Crippen LogP contribution in [0.5, 0.6) is 0 Å². The Kier molecular flexibility index (Phi) is 5.61. The van der Waals surface area contributed by atoms with Gasteiger partial charge in [0.1, 0.15) is 0 Å². The van der Waals surface area contributed by atoms with E-state index in [4.69, 9.17) is 11.0 Å². The summed E-state index contributed by atoms with van der Waals surface area (Å²) in [6.45, 7) is 0. The van der Waals surface area contributed by atoms with E-state index in [2.05, 4.69) is 6.07 Å². The number of benzene rings is 1. The highest BCUT2D eigenvalue weighted by atomic mass is 35.5. The molecule has 0 aliphatic heterocycles. The lowest BCUT2D eigenvalue weighted by Gasteiger charge is -2.25. The third-order valence-electron chi connectivity index (χ3n) is 3.69. The SMILES string of the molecule is Cl.N#Cc1ccccc1[C@@H](N)[C@@H](O)C1CCCC1. The summed E-state index contributed by atoms with van der Waals surface area (Å²) < 4.78 is 0. The third kappa shape index (κ3) is 3.02. The summed E-state index contributed by atoms with van der Waals surface area (Å²) in [4.78, 5) is 0. The van der Waals surface area contributed by atoms with Gasteiger partial charge in [-0.3, -0.25) is 0 Å².